The summed E-state index contributed by atoms with van der Waals surface area (Å²) in [6.07, 6.45) is 6.73. The van der Waals surface area contributed by atoms with Crippen molar-refractivity contribution in [2.24, 2.45) is 5.41 Å². The van der Waals surface area contributed by atoms with Gasteiger partial charge in [0.2, 0.25) is 5.91 Å². The second-order valence-electron chi connectivity index (χ2n) is 10.9. The van der Waals surface area contributed by atoms with Crippen LogP contribution in [0.2, 0.25) is 5.02 Å². The van der Waals surface area contributed by atoms with Crippen LogP contribution in [0.5, 0.6) is 5.75 Å². The van der Waals surface area contributed by atoms with Gasteiger partial charge in [-0.3, -0.25) is 4.79 Å². The van der Waals surface area contributed by atoms with Gasteiger partial charge in [0.25, 0.3) is 0 Å². The van der Waals surface area contributed by atoms with E-state index in [1.807, 2.05) is 18.3 Å². The van der Waals surface area contributed by atoms with E-state index in [1.54, 1.807) is 7.11 Å². The lowest BCUT2D eigenvalue weighted by Gasteiger charge is -2.63. The number of halogens is 1. The minimum absolute atomic E-state index is 0.163. The molecule has 2 aliphatic heterocycles. The number of aromatic amines is 1. The number of hydrogen-bond donors (Lipinski definition) is 2. The van der Waals surface area contributed by atoms with Gasteiger partial charge in [0, 0.05) is 41.0 Å². The van der Waals surface area contributed by atoms with Crippen LogP contribution in [0, 0.1) is 5.41 Å². The highest BCUT2D eigenvalue weighted by atomic mass is 35.5. The van der Waals surface area contributed by atoms with Crippen molar-refractivity contribution in [2.75, 3.05) is 7.11 Å². The van der Waals surface area contributed by atoms with E-state index >= 15 is 0 Å². The second kappa shape index (κ2) is 6.39. The van der Waals surface area contributed by atoms with Crippen LogP contribution in [0.3, 0.4) is 0 Å². The number of ether oxygens (including phenoxy) is 1. The number of carbonyl (C=O) groups excluding carboxylic acids is 1. The molecule has 1 aromatic carbocycles. The highest BCUT2D eigenvalue weighted by Crippen LogP contribution is 2.58. The number of carbonyl (C=O) groups is 1. The molecule has 0 radical (unpaired) electrons. The lowest BCUT2D eigenvalue weighted by atomic mass is 9.54. The third-order valence-corrected chi connectivity index (χ3v) is 8.18. The highest BCUT2D eigenvalue weighted by Gasteiger charge is 2.59. The lowest BCUT2D eigenvalue weighted by molar-refractivity contribution is -0.193. The summed E-state index contributed by atoms with van der Waals surface area (Å²) < 4.78 is 5.41. The molecule has 2 saturated carbocycles. The van der Waals surface area contributed by atoms with E-state index in [4.69, 9.17) is 16.3 Å². The van der Waals surface area contributed by atoms with Crippen molar-refractivity contribution in [2.45, 2.75) is 82.4 Å². The molecule has 4 bridgehead atoms. The normalized spacial score (nSPS) is 32.8. The maximum absolute atomic E-state index is 13.6. The maximum Gasteiger partial charge on any atom is 0.223 e. The quantitative estimate of drug-likeness (QED) is 0.732. The Kier molecular flexibility index (Phi) is 4.31. The highest BCUT2D eigenvalue weighted by molar-refractivity contribution is 6.37. The SMILES string of the molecule is COc1ccc2[nH]cc(C(C)(C)CC(=O)N3C4CC5(C)CC3CC(O)(C4)C5)c2c1Cl. The van der Waals surface area contributed by atoms with Crippen LogP contribution in [0.15, 0.2) is 18.3 Å². The minimum atomic E-state index is -0.576. The van der Waals surface area contributed by atoms with Crippen LogP contribution >= 0.6 is 11.6 Å². The number of rotatable bonds is 4. The average molecular weight is 431 g/mol. The molecule has 3 heterocycles. The van der Waals surface area contributed by atoms with Gasteiger partial charge in [-0.2, -0.15) is 0 Å². The van der Waals surface area contributed by atoms with Crippen LogP contribution in [0.1, 0.15) is 64.9 Å². The van der Waals surface area contributed by atoms with Crippen LogP contribution in [0.4, 0.5) is 0 Å². The van der Waals surface area contributed by atoms with Crippen molar-refractivity contribution in [1.82, 2.24) is 9.88 Å². The van der Waals surface area contributed by atoms with E-state index in [0.717, 1.165) is 48.6 Å². The van der Waals surface area contributed by atoms with Crippen LogP contribution in [-0.4, -0.2) is 45.7 Å². The van der Waals surface area contributed by atoms with E-state index in [0.29, 0.717) is 17.2 Å². The standard InChI is InChI=1S/C24H31ClN2O3/c1-22(2,16-12-26-17-5-6-18(30-4)21(25)20(16)17)11-19(28)27-14-7-23(3)8-15(27)10-24(29,9-14)13-23/h5-6,12,14-15,26,29H,7-11,13H2,1-4H3. The van der Waals surface area contributed by atoms with Crippen LogP contribution in [0.25, 0.3) is 10.9 Å². The summed E-state index contributed by atoms with van der Waals surface area (Å²) in [6.45, 7) is 6.49. The lowest BCUT2D eigenvalue weighted by Crippen LogP contribution is -2.68. The summed E-state index contributed by atoms with van der Waals surface area (Å²) in [6, 6.07) is 4.14. The van der Waals surface area contributed by atoms with Crippen molar-refractivity contribution in [3.05, 3.63) is 28.9 Å². The third kappa shape index (κ3) is 2.96. The fraction of sp³-hybridized carbons (Fsp3) is 0.625. The zero-order chi connectivity index (χ0) is 21.5. The van der Waals surface area contributed by atoms with Crippen LogP contribution < -0.4 is 4.74 Å². The van der Waals surface area contributed by atoms with E-state index in [2.05, 4.69) is 30.7 Å². The fourth-order valence-corrected chi connectivity index (χ4v) is 7.27. The van der Waals surface area contributed by atoms with Gasteiger partial charge in [-0.25, -0.2) is 0 Å². The Labute approximate surface area is 182 Å². The number of methoxy groups -OCH3 is 1. The minimum Gasteiger partial charge on any atom is -0.495 e. The molecule has 0 spiro atoms. The first-order valence-electron chi connectivity index (χ1n) is 10.9. The predicted octanol–water partition coefficient (Wildman–Crippen LogP) is 4.79. The average Bonchev–Trinajstić information content (AvgIpc) is 3.04. The predicted molar refractivity (Wildman–Crippen MR) is 118 cm³/mol. The Balaban J connectivity index is 1.44. The molecule has 1 aromatic heterocycles. The number of piperidine rings is 2. The number of aromatic nitrogens is 1. The van der Waals surface area contributed by atoms with Gasteiger partial charge in [-0.05, 0) is 55.2 Å². The van der Waals surface area contributed by atoms with Gasteiger partial charge in [0.1, 0.15) is 5.75 Å². The number of hydrogen-bond acceptors (Lipinski definition) is 3. The molecule has 2 N–H and O–H groups in total. The van der Waals surface area contributed by atoms with E-state index in [9.17, 15) is 9.90 Å². The summed E-state index contributed by atoms with van der Waals surface area (Å²) in [5.74, 6) is 0.827. The molecule has 1 amide bonds. The second-order valence-corrected chi connectivity index (χ2v) is 11.3. The van der Waals surface area contributed by atoms with Gasteiger partial charge in [-0.1, -0.05) is 32.4 Å². The van der Waals surface area contributed by atoms with Crippen molar-refractivity contribution in [3.8, 4) is 5.75 Å². The van der Waals surface area contributed by atoms with E-state index in [-0.39, 0.29) is 28.8 Å². The maximum atomic E-state index is 13.6. The molecule has 5 nitrogen and oxygen atoms in total. The number of amides is 1. The fourth-order valence-electron chi connectivity index (χ4n) is 6.93. The molecule has 4 fully saturated rings. The van der Waals surface area contributed by atoms with Gasteiger partial charge < -0.3 is 19.7 Å². The largest absolute Gasteiger partial charge is 0.495 e. The molecule has 2 aliphatic carbocycles. The number of aliphatic hydroxyl groups is 1. The molecule has 2 aromatic rings. The molecule has 4 aliphatic rings. The molecule has 6 heteroatoms. The molecular weight excluding hydrogens is 400 g/mol. The Hall–Kier alpha value is -1.72. The number of benzene rings is 1. The Bertz CT molecular complexity index is 991. The molecular formula is C24H31ClN2O3. The summed E-state index contributed by atoms with van der Waals surface area (Å²) in [4.78, 5) is 19.0. The Morgan fingerprint density at radius 1 is 1.30 bits per heavy atom. The van der Waals surface area contributed by atoms with Crippen LogP contribution in [-0.2, 0) is 10.2 Å². The van der Waals surface area contributed by atoms with Gasteiger partial charge in [-0.15, -0.1) is 0 Å². The first-order valence-corrected chi connectivity index (χ1v) is 11.3. The summed E-state index contributed by atoms with van der Waals surface area (Å²) in [5, 5.41) is 12.5. The molecule has 30 heavy (non-hydrogen) atoms. The molecule has 2 saturated heterocycles. The molecule has 162 valence electrons. The first-order chi connectivity index (χ1) is 14.0. The van der Waals surface area contributed by atoms with Crippen molar-refractivity contribution < 1.29 is 14.6 Å². The molecule has 6 rings (SSSR count). The zero-order valence-electron chi connectivity index (χ0n) is 18.2. The molecule has 2 atom stereocenters. The van der Waals surface area contributed by atoms with Gasteiger partial charge >= 0.3 is 0 Å². The summed E-state index contributed by atoms with van der Waals surface area (Å²) in [7, 11) is 1.61. The van der Waals surface area contributed by atoms with Gasteiger partial charge in [0.15, 0.2) is 0 Å². The number of H-pyrrole nitrogens is 1. The number of fused-ring (bicyclic) bond motifs is 1. The third-order valence-electron chi connectivity index (χ3n) is 7.81. The topological polar surface area (TPSA) is 65.6 Å². The first kappa shape index (κ1) is 20.2. The number of nitrogens with zero attached hydrogens (tertiary/aromatic N) is 1. The number of nitrogens with one attached hydrogen (secondary N) is 1. The van der Waals surface area contributed by atoms with E-state index in [1.165, 1.54) is 0 Å². The monoisotopic (exact) mass is 430 g/mol. The van der Waals surface area contributed by atoms with Crippen molar-refractivity contribution in [3.63, 3.8) is 0 Å². The van der Waals surface area contributed by atoms with Gasteiger partial charge in [0.05, 0.1) is 17.7 Å². The van der Waals surface area contributed by atoms with Crippen molar-refractivity contribution >= 4 is 28.4 Å². The van der Waals surface area contributed by atoms with E-state index < -0.39 is 5.60 Å². The van der Waals surface area contributed by atoms with Crippen molar-refractivity contribution in [1.29, 1.82) is 0 Å². The summed E-state index contributed by atoms with van der Waals surface area (Å²) >= 11 is 6.64. The smallest absolute Gasteiger partial charge is 0.223 e. The molecule has 2 unspecified atom stereocenters. The zero-order valence-corrected chi connectivity index (χ0v) is 19.0. The Morgan fingerprint density at radius 3 is 2.57 bits per heavy atom. The Morgan fingerprint density at radius 2 is 1.97 bits per heavy atom. The summed E-state index contributed by atoms with van der Waals surface area (Å²) in [5.41, 5.74) is 1.19.